The molecule has 0 atom stereocenters. The zero-order valence-electron chi connectivity index (χ0n) is 16.7. The third-order valence-corrected chi connectivity index (χ3v) is 3.78. The highest BCUT2D eigenvalue weighted by Gasteiger charge is 2.08. The zero-order valence-corrected chi connectivity index (χ0v) is 16.7. The van der Waals surface area contributed by atoms with Gasteiger partial charge in [0.1, 0.15) is 0 Å². The van der Waals surface area contributed by atoms with Gasteiger partial charge in [-0.15, -0.1) is 0 Å². The molecule has 0 heterocycles. The topological polar surface area (TPSA) is 78.4 Å². The molecular formula is C21H26N2O5. The highest BCUT2D eigenvalue weighted by atomic mass is 16.5. The van der Waals surface area contributed by atoms with Crippen molar-refractivity contribution in [2.75, 3.05) is 27.4 Å². The summed E-state index contributed by atoms with van der Waals surface area (Å²) in [5, 5.41) is 4.01. The maximum atomic E-state index is 12.1. The minimum atomic E-state index is -0.237. The summed E-state index contributed by atoms with van der Waals surface area (Å²) in [6.07, 6.45) is 1.73. The number of carbonyl (C=O) groups is 1. The van der Waals surface area contributed by atoms with E-state index in [1.165, 1.54) is 0 Å². The van der Waals surface area contributed by atoms with Gasteiger partial charge < -0.3 is 18.9 Å². The first kappa shape index (κ1) is 21.1. The third-order valence-electron chi connectivity index (χ3n) is 3.78. The summed E-state index contributed by atoms with van der Waals surface area (Å²) < 4.78 is 21.6. The summed E-state index contributed by atoms with van der Waals surface area (Å²) in [6, 6.07) is 10.8. The van der Waals surface area contributed by atoms with Crippen LogP contribution in [0.15, 0.2) is 41.5 Å². The lowest BCUT2D eigenvalue weighted by Crippen LogP contribution is -2.19. The Labute approximate surface area is 165 Å². The highest BCUT2D eigenvalue weighted by Crippen LogP contribution is 2.28. The zero-order chi connectivity index (χ0) is 20.4. The normalized spacial score (nSPS) is 10.6. The number of methoxy groups -OCH3 is 2. The Hall–Kier alpha value is -3.22. The Balaban J connectivity index is 1.98. The maximum absolute atomic E-state index is 12.1. The number of ether oxygens (including phenoxy) is 4. The lowest BCUT2D eigenvalue weighted by Gasteiger charge is -2.11. The van der Waals surface area contributed by atoms with Gasteiger partial charge in [0.05, 0.1) is 40.1 Å². The van der Waals surface area contributed by atoms with Crippen LogP contribution in [-0.2, 0) is 11.2 Å². The summed E-state index contributed by atoms with van der Waals surface area (Å²) in [4.78, 5) is 12.1. The summed E-state index contributed by atoms with van der Waals surface area (Å²) >= 11 is 0. The highest BCUT2D eigenvalue weighted by molar-refractivity contribution is 5.84. The molecule has 2 aromatic carbocycles. The first-order valence-corrected chi connectivity index (χ1v) is 9.03. The molecule has 0 aromatic heterocycles. The van der Waals surface area contributed by atoms with E-state index in [0.29, 0.717) is 36.2 Å². The van der Waals surface area contributed by atoms with Crippen molar-refractivity contribution in [3.63, 3.8) is 0 Å². The molecule has 2 rings (SSSR count). The molecule has 0 saturated heterocycles. The number of benzene rings is 2. The quantitative estimate of drug-likeness (QED) is 0.501. The fraction of sp³-hybridized carbons (Fsp3) is 0.333. The van der Waals surface area contributed by atoms with E-state index in [4.69, 9.17) is 18.9 Å². The molecule has 0 spiro atoms. The van der Waals surface area contributed by atoms with Crippen LogP contribution in [0.1, 0.15) is 25.0 Å². The Bertz CT molecular complexity index is 820. The smallest absolute Gasteiger partial charge is 0.244 e. The number of nitrogens with one attached hydrogen (secondary N) is 1. The van der Waals surface area contributed by atoms with Crippen LogP contribution in [-0.4, -0.2) is 39.6 Å². The van der Waals surface area contributed by atoms with Crippen molar-refractivity contribution in [2.24, 2.45) is 5.10 Å². The molecule has 1 amide bonds. The number of hydrogen-bond donors (Lipinski definition) is 1. The van der Waals surface area contributed by atoms with Gasteiger partial charge in [-0.3, -0.25) is 4.79 Å². The maximum Gasteiger partial charge on any atom is 0.244 e. The Morgan fingerprint density at radius 1 is 0.929 bits per heavy atom. The first-order valence-electron chi connectivity index (χ1n) is 9.03. The molecule has 0 saturated carbocycles. The summed E-state index contributed by atoms with van der Waals surface area (Å²) in [6.45, 7) is 4.91. The summed E-state index contributed by atoms with van der Waals surface area (Å²) in [7, 11) is 3.12. The van der Waals surface area contributed by atoms with Crippen molar-refractivity contribution < 1.29 is 23.7 Å². The average Bonchev–Trinajstić information content (AvgIpc) is 2.70. The molecule has 7 heteroatoms. The Kier molecular flexibility index (Phi) is 8.14. The van der Waals surface area contributed by atoms with Crippen molar-refractivity contribution in [3.8, 4) is 23.0 Å². The molecule has 0 radical (unpaired) electrons. The Morgan fingerprint density at radius 2 is 1.61 bits per heavy atom. The van der Waals surface area contributed by atoms with Gasteiger partial charge in [-0.05, 0) is 55.3 Å². The number of amides is 1. The van der Waals surface area contributed by atoms with Crippen LogP contribution >= 0.6 is 0 Å². The predicted molar refractivity (Wildman–Crippen MR) is 108 cm³/mol. The fourth-order valence-electron chi connectivity index (χ4n) is 2.54. The first-order chi connectivity index (χ1) is 13.6. The van der Waals surface area contributed by atoms with Gasteiger partial charge in [-0.1, -0.05) is 6.07 Å². The van der Waals surface area contributed by atoms with Crippen molar-refractivity contribution in [1.29, 1.82) is 0 Å². The molecule has 7 nitrogen and oxygen atoms in total. The van der Waals surface area contributed by atoms with Crippen molar-refractivity contribution >= 4 is 12.1 Å². The number of hydrogen-bond acceptors (Lipinski definition) is 6. The number of rotatable bonds is 10. The average molecular weight is 386 g/mol. The van der Waals surface area contributed by atoms with E-state index in [2.05, 4.69) is 10.5 Å². The molecule has 150 valence electrons. The van der Waals surface area contributed by atoms with E-state index >= 15 is 0 Å². The van der Waals surface area contributed by atoms with Gasteiger partial charge >= 0.3 is 0 Å². The lowest BCUT2D eigenvalue weighted by atomic mass is 10.1. The van der Waals surface area contributed by atoms with Crippen LogP contribution in [0.4, 0.5) is 0 Å². The number of nitrogens with zero attached hydrogens (tertiary/aromatic N) is 1. The fourth-order valence-corrected chi connectivity index (χ4v) is 2.54. The SMILES string of the molecule is CCOc1ccc(/C=N\NC(=O)Cc2ccc(OC)c(OC)c2)cc1OCC. The van der Waals surface area contributed by atoms with Crippen molar-refractivity contribution in [2.45, 2.75) is 20.3 Å². The summed E-state index contributed by atoms with van der Waals surface area (Å²) in [5.41, 5.74) is 4.11. The van der Waals surface area contributed by atoms with E-state index in [1.54, 1.807) is 32.6 Å². The molecule has 0 aliphatic rings. The molecule has 1 N–H and O–H groups in total. The second-order valence-corrected chi connectivity index (χ2v) is 5.73. The van der Waals surface area contributed by atoms with E-state index < -0.39 is 0 Å². The van der Waals surface area contributed by atoms with Crippen LogP contribution in [0.5, 0.6) is 23.0 Å². The van der Waals surface area contributed by atoms with Gasteiger partial charge in [0.25, 0.3) is 0 Å². The van der Waals surface area contributed by atoms with E-state index in [0.717, 1.165) is 11.1 Å². The predicted octanol–water partition coefficient (Wildman–Crippen LogP) is 3.19. The monoisotopic (exact) mass is 386 g/mol. The minimum absolute atomic E-state index is 0.172. The van der Waals surface area contributed by atoms with E-state index in [1.807, 2.05) is 38.1 Å². The van der Waals surface area contributed by atoms with Crippen LogP contribution in [0, 0.1) is 0 Å². The van der Waals surface area contributed by atoms with Gasteiger partial charge in [0.2, 0.25) is 5.91 Å². The van der Waals surface area contributed by atoms with Crippen LogP contribution in [0.25, 0.3) is 0 Å². The number of hydrazone groups is 1. The number of carbonyl (C=O) groups excluding carboxylic acids is 1. The molecule has 0 aliphatic heterocycles. The molecule has 0 aliphatic carbocycles. The second-order valence-electron chi connectivity index (χ2n) is 5.73. The van der Waals surface area contributed by atoms with Crippen molar-refractivity contribution in [1.82, 2.24) is 5.43 Å². The molecule has 0 unspecified atom stereocenters. The molecule has 0 fully saturated rings. The third kappa shape index (κ3) is 5.90. The molecule has 28 heavy (non-hydrogen) atoms. The van der Waals surface area contributed by atoms with Crippen molar-refractivity contribution in [3.05, 3.63) is 47.5 Å². The van der Waals surface area contributed by atoms with Gasteiger partial charge in [0, 0.05) is 0 Å². The molecular weight excluding hydrogens is 360 g/mol. The van der Waals surface area contributed by atoms with Crippen LogP contribution < -0.4 is 24.4 Å². The largest absolute Gasteiger partial charge is 0.493 e. The summed E-state index contributed by atoms with van der Waals surface area (Å²) in [5.74, 6) is 2.28. The van der Waals surface area contributed by atoms with E-state index in [9.17, 15) is 4.79 Å². The van der Waals surface area contributed by atoms with Crippen LogP contribution in [0.3, 0.4) is 0 Å². The van der Waals surface area contributed by atoms with Gasteiger partial charge in [0.15, 0.2) is 23.0 Å². The van der Waals surface area contributed by atoms with E-state index in [-0.39, 0.29) is 12.3 Å². The lowest BCUT2D eigenvalue weighted by molar-refractivity contribution is -0.120. The van der Waals surface area contributed by atoms with Gasteiger partial charge in [-0.25, -0.2) is 5.43 Å². The van der Waals surface area contributed by atoms with Crippen LogP contribution in [0.2, 0.25) is 0 Å². The molecule has 2 aromatic rings. The molecule has 0 bridgehead atoms. The van der Waals surface area contributed by atoms with Gasteiger partial charge in [-0.2, -0.15) is 5.10 Å². The standard InChI is InChI=1S/C21H26N2O5/c1-5-27-18-10-8-16(12-20(18)28-6-2)14-22-23-21(24)13-15-7-9-17(25-3)19(11-15)26-4/h7-12,14H,5-6,13H2,1-4H3,(H,23,24)/b22-14-. The minimum Gasteiger partial charge on any atom is -0.493 e. The second kappa shape index (κ2) is 10.8. The Morgan fingerprint density at radius 3 is 2.29 bits per heavy atom.